The lowest BCUT2D eigenvalue weighted by atomic mass is 9.96. The van der Waals surface area contributed by atoms with Crippen LogP contribution in [-0.2, 0) is 4.79 Å². The zero-order valence-corrected chi connectivity index (χ0v) is 14.0. The van der Waals surface area contributed by atoms with Crippen molar-refractivity contribution in [3.63, 3.8) is 0 Å². The van der Waals surface area contributed by atoms with Gasteiger partial charge in [-0.15, -0.1) is 5.10 Å². The predicted molar refractivity (Wildman–Crippen MR) is 88.8 cm³/mol. The Hall–Kier alpha value is -2.83. The van der Waals surface area contributed by atoms with E-state index in [1.165, 1.54) is 0 Å². The molecular formula is C17H19N3O4. The van der Waals surface area contributed by atoms with Crippen LogP contribution >= 0.6 is 0 Å². The molecule has 0 atom stereocenters. The van der Waals surface area contributed by atoms with Gasteiger partial charge in [-0.25, -0.2) is 0 Å². The quantitative estimate of drug-likeness (QED) is 0.781. The van der Waals surface area contributed by atoms with Gasteiger partial charge < -0.3 is 13.6 Å². The van der Waals surface area contributed by atoms with Crippen molar-refractivity contribution in [2.75, 3.05) is 11.9 Å². The van der Waals surface area contributed by atoms with Crippen LogP contribution in [0.1, 0.15) is 27.7 Å². The Bertz CT molecular complexity index is 873. The molecule has 2 aromatic heterocycles. The van der Waals surface area contributed by atoms with Crippen molar-refractivity contribution < 1.29 is 18.4 Å². The number of anilines is 1. The van der Waals surface area contributed by atoms with Gasteiger partial charge in [0.25, 0.3) is 5.89 Å². The lowest BCUT2D eigenvalue weighted by molar-refractivity contribution is -0.123. The maximum Gasteiger partial charge on any atom is 0.322 e. The lowest BCUT2D eigenvalue weighted by Crippen LogP contribution is -2.27. The molecule has 0 aliphatic heterocycles. The van der Waals surface area contributed by atoms with Gasteiger partial charge in [-0.2, -0.15) is 0 Å². The highest BCUT2D eigenvalue weighted by Gasteiger charge is 2.24. The third-order valence-corrected chi connectivity index (χ3v) is 3.35. The first-order valence-electron chi connectivity index (χ1n) is 7.69. The van der Waals surface area contributed by atoms with Crippen LogP contribution in [0.3, 0.4) is 0 Å². The zero-order valence-electron chi connectivity index (χ0n) is 14.0. The molecule has 1 amide bonds. The number of nitrogens with one attached hydrogen (secondary N) is 1. The number of rotatable bonds is 4. The van der Waals surface area contributed by atoms with Crippen LogP contribution in [0.15, 0.2) is 33.1 Å². The number of aromatic nitrogens is 2. The van der Waals surface area contributed by atoms with Crippen molar-refractivity contribution in [1.29, 1.82) is 0 Å². The molecule has 7 heteroatoms. The number of furan rings is 1. The van der Waals surface area contributed by atoms with Gasteiger partial charge in [0.1, 0.15) is 0 Å². The van der Waals surface area contributed by atoms with Crippen LogP contribution in [0.5, 0.6) is 5.75 Å². The van der Waals surface area contributed by atoms with Crippen molar-refractivity contribution in [1.82, 2.24) is 10.2 Å². The van der Waals surface area contributed by atoms with E-state index in [4.69, 9.17) is 13.6 Å². The van der Waals surface area contributed by atoms with Gasteiger partial charge in [0, 0.05) is 10.8 Å². The SMILES string of the molecule is CCOc1cccc2cc(-c3nnc(NC(=O)C(C)(C)C)o3)oc12. The minimum Gasteiger partial charge on any atom is -0.490 e. The highest BCUT2D eigenvalue weighted by molar-refractivity contribution is 5.92. The predicted octanol–water partition coefficient (Wildman–Crippen LogP) is 3.87. The standard InChI is InChI=1S/C17H19N3O4/c1-5-22-11-8-6-7-10-9-12(23-13(10)11)14-19-20-16(24-14)18-15(21)17(2,3)4/h6-9H,5H2,1-4H3,(H,18,20,21). The maximum atomic E-state index is 12.0. The van der Waals surface area contributed by atoms with E-state index in [-0.39, 0.29) is 17.8 Å². The number of para-hydroxylation sites is 1. The Morgan fingerprint density at radius 3 is 2.75 bits per heavy atom. The van der Waals surface area contributed by atoms with E-state index in [2.05, 4.69) is 15.5 Å². The summed E-state index contributed by atoms with van der Waals surface area (Å²) in [6.07, 6.45) is 0. The second-order valence-corrected chi connectivity index (χ2v) is 6.33. The molecule has 0 aliphatic rings. The number of carbonyl (C=O) groups is 1. The summed E-state index contributed by atoms with van der Waals surface area (Å²) in [7, 11) is 0. The lowest BCUT2D eigenvalue weighted by Gasteiger charge is -2.15. The molecule has 2 heterocycles. The summed E-state index contributed by atoms with van der Waals surface area (Å²) in [4.78, 5) is 12.0. The average Bonchev–Trinajstić information content (AvgIpc) is 3.13. The summed E-state index contributed by atoms with van der Waals surface area (Å²) in [5.41, 5.74) is 0.0632. The fourth-order valence-electron chi connectivity index (χ4n) is 2.07. The second-order valence-electron chi connectivity index (χ2n) is 6.33. The van der Waals surface area contributed by atoms with E-state index in [9.17, 15) is 4.79 Å². The Balaban J connectivity index is 1.89. The van der Waals surface area contributed by atoms with Gasteiger partial charge >= 0.3 is 6.01 Å². The largest absolute Gasteiger partial charge is 0.490 e. The normalized spacial score (nSPS) is 11.7. The number of benzene rings is 1. The fraction of sp³-hybridized carbons (Fsp3) is 0.353. The van der Waals surface area contributed by atoms with Crippen molar-refractivity contribution in [2.24, 2.45) is 5.41 Å². The number of fused-ring (bicyclic) bond motifs is 1. The molecule has 0 unspecified atom stereocenters. The van der Waals surface area contributed by atoms with Crippen LogP contribution < -0.4 is 10.1 Å². The smallest absolute Gasteiger partial charge is 0.322 e. The van der Waals surface area contributed by atoms with Crippen LogP contribution in [0.2, 0.25) is 0 Å². The summed E-state index contributed by atoms with van der Waals surface area (Å²) < 4.78 is 16.8. The van der Waals surface area contributed by atoms with Crippen molar-refractivity contribution >= 4 is 22.9 Å². The fourth-order valence-corrected chi connectivity index (χ4v) is 2.07. The van der Waals surface area contributed by atoms with Gasteiger partial charge in [0.2, 0.25) is 5.91 Å². The Morgan fingerprint density at radius 2 is 2.04 bits per heavy atom. The minimum absolute atomic E-state index is 0.0374. The van der Waals surface area contributed by atoms with Gasteiger partial charge in [-0.05, 0) is 19.1 Å². The highest BCUT2D eigenvalue weighted by Crippen LogP contribution is 2.33. The van der Waals surface area contributed by atoms with Gasteiger partial charge in [-0.1, -0.05) is 38.0 Å². The third-order valence-electron chi connectivity index (χ3n) is 3.35. The summed E-state index contributed by atoms with van der Waals surface area (Å²) in [6.45, 7) is 7.85. The van der Waals surface area contributed by atoms with Gasteiger partial charge in [-0.3, -0.25) is 10.1 Å². The Labute approximate surface area is 139 Å². The van der Waals surface area contributed by atoms with E-state index < -0.39 is 5.41 Å². The zero-order chi connectivity index (χ0) is 17.3. The molecular weight excluding hydrogens is 310 g/mol. The van der Waals surface area contributed by atoms with Crippen molar-refractivity contribution in [3.05, 3.63) is 24.3 Å². The molecule has 1 N–H and O–H groups in total. The van der Waals surface area contributed by atoms with Crippen LogP contribution in [0, 0.1) is 5.41 Å². The molecule has 0 fully saturated rings. The monoisotopic (exact) mass is 329 g/mol. The average molecular weight is 329 g/mol. The molecule has 24 heavy (non-hydrogen) atoms. The van der Waals surface area contributed by atoms with Crippen LogP contribution in [0.25, 0.3) is 22.6 Å². The highest BCUT2D eigenvalue weighted by atomic mass is 16.5. The van der Waals surface area contributed by atoms with E-state index in [1.54, 1.807) is 26.8 Å². The minimum atomic E-state index is -0.555. The molecule has 3 rings (SSSR count). The number of hydrogen-bond donors (Lipinski definition) is 1. The van der Waals surface area contributed by atoms with Crippen molar-refractivity contribution in [2.45, 2.75) is 27.7 Å². The molecule has 0 aliphatic carbocycles. The molecule has 0 bridgehead atoms. The summed E-state index contributed by atoms with van der Waals surface area (Å²) in [5.74, 6) is 1.06. The summed E-state index contributed by atoms with van der Waals surface area (Å²) in [6, 6.07) is 7.46. The molecule has 126 valence electrons. The van der Waals surface area contributed by atoms with Gasteiger partial charge in [0.05, 0.1) is 6.61 Å². The second kappa shape index (κ2) is 5.99. The summed E-state index contributed by atoms with van der Waals surface area (Å²) >= 11 is 0. The number of ether oxygens (including phenoxy) is 1. The van der Waals surface area contributed by atoms with E-state index in [1.807, 2.05) is 25.1 Å². The number of nitrogens with zero attached hydrogens (tertiary/aromatic N) is 2. The van der Waals surface area contributed by atoms with Gasteiger partial charge in [0.15, 0.2) is 17.1 Å². The van der Waals surface area contributed by atoms with Crippen LogP contribution in [-0.4, -0.2) is 22.7 Å². The Kier molecular flexibility index (Phi) is 4.01. The molecule has 3 aromatic rings. The molecule has 7 nitrogen and oxygen atoms in total. The first kappa shape index (κ1) is 16.0. The van der Waals surface area contributed by atoms with Crippen molar-refractivity contribution in [3.8, 4) is 17.4 Å². The molecule has 0 saturated heterocycles. The van der Waals surface area contributed by atoms with E-state index in [0.29, 0.717) is 23.7 Å². The topological polar surface area (TPSA) is 90.4 Å². The maximum absolute atomic E-state index is 12.0. The summed E-state index contributed by atoms with van der Waals surface area (Å²) in [5, 5.41) is 11.2. The molecule has 0 spiro atoms. The number of carbonyl (C=O) groups excluding carboxylic acids is 1. The third kappa shape index (κ3) is 3.10. The van der Waals surface area contributed by atoms with Crippen LogP contribution in [0.4, 0.5) is 6.01 Å². The van der Waals surface area contributed by atoms with E-state index >= 15 is 0 Å². The first-order chi connectivity index (χ1) is 11.4. The Morgan fingerprint density at radius 1 is 1.25 bits per heavy atom. The number of hydrogen-bond acceptors (Lipinski definition) is 6. The molecule has 0 saturated carbocycles. The molecule has 0 radical (unpaired) electrons. The molecule has 1 aromatic carbocycles. The number of amides is 1. The first-order valence-corrected chi connectivity index (χ1v) is 7.69. The van der Waals surface area contributed by atoms with E-state index in [0.717, 1.165) is 5.39 Å².